The van der Waals surface area contributed by atoms with Crippen molar-refractivity contribution in [2.45, 2.75) is 24.4 Å². The van der Waals surface area contributed by atoms with Crippen LogP contribution in [0.2, 0.25) is 10.0 Å². The van der Waals surface area contributed by atoms with E-state index in [1.807, 2.05) is 0 Å². The summed E-state index contributed by atoms with van der Waals surface area (Å²) in [7, 11) is 2.68. The second-order valence-corrected chi connectivity index (χ2v) is 14.3. The Kier molecular flexibility index (Phi) is 9.32. The lowest BCUT2D eigenvalue weighted by Gasteiger charge is -2.49. The fraction of sp³-hybridized carbons (Fsp3) is 0.297. The van der Waals surface area contributed by atoms with Gasteiger partial charge in [-0.3, -0.25) is 24.6 Å². The van der Waals surface area contributed by atoms with Gasteiger partial charge in [-0.1, -0.05) is 59.1 Å². The summed E-state index contributed by atoms with van der Waals surface area (Å²) in [5.41, 5.74) is 6.33. The van der Waals surface area contributed by atoms with Gasteiger partial charge in [0.15, 0.2) is 17.3 Å². The number of ether oxygens (including phenoxy) is 2. The van der Waals surface area contributed by atoms with Crippen molar-refractivity contribution in [3.63, 3.8) is 0 Å². The van der Waals surface area contributed by atoms with E-state index < -0.39 is 87.2 Å². The molecule has 4 N–H and O–H groups in total. The molecule has 2 aliphatic carbocycles. The first-order chi connectivity index (χ1) is 26.0. The van der Waals surface area contributed by atoms with E-state index in [0.29, 0.717) is 43.9 Å². The van der Waals surface area contributed by atoms with E-state index >= 15 is 4.79 Å². The maximum absolute atomic E-state index is 15.2. The number of phenolic OH excluding ortho intramolecular Hbond substituents is 1. The van der Waals surface area contributed by atoms with E-state index in [4.69, 9.17) is 38.4 Å². The molecule has 2 aliphatic heterocycles. The number of pyridine rings is 1. The normalized spacial score (nSPS) is 26.2. The van der Waals surface area contributed by atoms with E-state index in [1.165, 1.54) is 38.5 Å². The lowest BCUT2D eigenvalue weighted by molar-refractivity contribution is -0.140. The molecule has 3 aromatic rings. The number of hydrazine groups is 1. The van der Waals surface area contributed by atoms with Crippen LogP contribution in [0, 0.1) is 29.6 Å². The molecule has 6 amide bonds. The summed E-state index contributed by atoms with van der Waals surface area (Å²) in [6, 6.07) is 8.58. The Hall–Kier alpha value is -5.61. The van der Waals surface area contributed by atoms with Gasteiger partial charge >= 0.3 is 12.2 Å². The van der Waals surface area contributed by atoms with Gasteiger partial charge in [0, 0.05) is 17.1 Å². The molecule has 3 heterocycles. The predicted octanol–water partition coefficient (Wildman–Crippen LogP) is 5.74. The number of allylic oxidation sites excluding steroid dienone is 3. The highest BCUT2D eigenvalue weighted by atomic mass is 35.5. The number of aromatic nitrogens is 1. The number of nitrogens with one attached hydrogen (secondary N) is 1. The number of phenols is 1. The molecule has 2 saturated heterocycles. The van der Waals surface area contributed by atoms with Crippen molar-refractivity contribution in [1.82, 2.24) is 14.9 Å². The van der Waals surface area contributed by atoms with Crippen LogP contribution < -0.4 is 20.6 Å². The molecule has 18 heteroatoms. The summed E-state index contributed by atoms with van der Waals surface area (Å²) < 4.78 is 51.0. The number of fused-ring (bicyclic) bond motifs is 4. The predicted molar refractivity (Wildman–Crippen MR) is 189 cm³/mol. The van der Waals surface area contributed by atoms with Crippen LogP contribution in [0.1, 0.15) is 29.5 Å². The van der Waals surface area contributed by atoms with Crippen LogP contribution in [0.3, 0.4) is 0 Å². The van der Waals surface area contributed by atoms with Gasteiger partial charge in [-0.15, -0.1) is 0 Å². The van der Waals surface area contributed by atoms with Crippen LogP contribution in [0.25, 0.3) is 6.08 Å². The lowest BCUT2D eigenvalue weighted by atomic mass is 9.50. The molecule has 4 aliphatic rings. The number of anilines is 1. The molecule has 0 bridgehead atoms. The van der Waals surface area contributed by atoms with Crippen LogP contribution in [-0.4, -0.2) is 63.9 Å². The summed E-state index contributed by atoms with van der Waals surface area (Å²) in [6.07, 6.45) is 0.549. The monoisotopic (exact) mass is 799 g/mol. The number of primary amides is 1. The Labute approximate surface area is 320 Å². The van der Waals surface area contributed by atoms with Crippen molar-refractivity contribution in [2.75, 3.05) is 19.6 Å². The van der Waals surface area contributed by atoms with Gasteiger partial charge < -0.3 is 20.3 Å². The van der Waals surface area contributed by atoms with Gasteiger partial charge in [-0.2, -0.15) is 23.1 Å². The van der Waals surface area contributed by atoms with Crippen LogP contribution >= 0.6 is 23.2 Å². The third-order valence-corrected chi connectivity index (χ3v) is 11.4. The number of benzene rings is 2. The van der Waals surface area contributed by atoms with Crippen molar-refractivity contribution in [3.8, 4) is 17.2 Å². The van der Waals surface area contributed by atoms with Crippen LogP contribution in [0.5, 0.6) is 17.2 Å². The summed E-state index contributed by atoms with van der Waals surface area (Å²) in [5, 5.41) is 11.0. The number of carbonyl (C=O) groups is 5. The van der Waals surface area contributed by atoms with Gasteiger partial charge in [0.2, 0.25) is 17.6 Å². The number of alkyl halides is 3. The number of rotatable bonds is 7. The van der Waals surface area contributed by atoms with Crippen LogP contribution in [0.4, 0.5) is 23.8 Å². The zero-order valence-corrected chi connectivity index (χ0v) is 30.3. The average Bonchev–Trinajstić information content (AvgIpc) is 3.52. The standard InChI is InChI=1S/C37H30Cl2F3N5O8/c1-54-26-11-16(12-27(55-2)29(26)48)3-10-23-20-8-9-21-28(33(51)46(31(21)49)35(43)53)22(20)14-24-32(50)47(34(52)36(23,24)17-4-6-19(38)7-5-17)45-30-25(39)13-18(15-44-30)37(40,41)42/h3-8,10-13,15,21-24,28,48H,9,14H2,1-2H3,(H2,43,53)(H,44,45)/t21-,22+,23-,24-,28-,36-/m0/s1. The van der Waals surface area contributed by atoms with Crippen molar-refractivity contribution in [1.29, 1.82) is 0 Å². The second kappa shape index (κ2) is 13.6. The highest BCUT2D eigenvalue weighted by Crippen LogP contribution is 2.61. The Morgan fingerprint density at radius 2 is 1.67 bits per heavy atom. The molecular formula is C37H30Cl2F3N5O8. The average molecular weight is 801 g/mol. The van der Waals surface area contributed by atoms with Gasteiger partial charge in [0.1, 0.15) is 0 Å². The summed E-state index contributed by atoms with van der Waals surface area (Å²) in [5.74, 6) is -9.06. The van der Waals surface area contributed by atoms with Crippen LogP contribution in [0.15, 0.2) is 66.4 Å². The number of aromatic hydroxyl groups is 1. The minimum Gasteiger partial charge on any atom is -0.502 e. The Bertz CT molecular complexity index is 2210. The Morgan fingerprint density at radius 1 is 1.02 bits per heavy atom. The SMILES string of the molecule is COc1cc(C=C[C@H]2C3=CC[C@@H]4C(=O)N(C(N)=O)C(=O)[C@@H]4[C@@H]3C[C@H]3C(=O)N(Nc4ncc(C(F)(F)F)cc4Cl)C(=O)[C@@]23c2ccc(Cl)cc2)cc(OC)c1O. The summed E-state index contributed by atoms with van der Waals surface area (Å²) >= 11 is 12.5. The van der Waals surface area contributed by atoms with E-state index in [9.17, 15) is 37.5 Å². The number of urea groups is 1. The number of amides is 6. The topological polar surface area (TPSA) is 181 Å². The van der Waals surface area contributed by atoms with E-state index in [1.54, 1.807) is 30.4 Å². The maximum atomic E-state index is 15.2. The van der Waals surface area contributed by atoms with E-state index in [-0.39, 0.29) is 30.1 Å². The van der Waals surface area contributed by atoms with E-state index in [2.05, 4.69) is 10.4 Å². The molecular weight excluding hydrogens is 770 g/mol. The fourth-order valence-corrected chi connectivity index (χ4v) is 8.80. The minimum atomic E-state index is -4.78. The number of halogens is 5. The van der Waals surface area contributed by atoms with Gasteiger partial charge in [0.05, 0.1) is 48.0 Å². The highest BCUT2D eigenvalue weighted by molar-refractivity contribution is 6.33. The van der Waals surface area contributed by atoms with Gasteiger partial charge in [-0.25, -0.2) is 9.78 Å². The molecule has 2 aromatic carbocycles. The molecule has 55 heavy (non-hydrogen) atoms. The fourth-order valence-electron chi connectivity index (χ4n) is 8.46. The third-order valence-electron chi connectivity index (χ3n) is 10.8. The first kappa shape index (κ1) is 37.7. The van der Waals surface area contributed by atoms with Crippen molar-refractivity contribution in [2.24, 2.45) is 35.3 Å². The number of nitrogens with zero attached hydrogens (tertiary/aromatic N) is 3. The molecule has 286 valence electrons. The first-order valence-corrected chi connectivity index (χ1v) is 17.4. The molecule has 0 spiro atoms. The largest absolute Gasteiger partial charge is 0.502 e. The Morgan fingerprint density at radius 3 is 2.25 bits per heavy atom. The molecule has 1 saturated carbocycles. The number of methoxy groups -OCH3 is 2. The van der Waals surface area contributed by atoms with Crippen molar-refractivity contribution in [3.05, 3.63) is 93.1 Å². The molecule has 6 atom stereocenters. The number of carbonyl (C=O) groups excluding carboxylic acids is 5. The minimum absolute atomic E-state index is 0.00654. The molecule has 13 nitrogen and oxygen atoms in total. The highest BCUT2D eigenvalue weighted by Gasteiger charge is 2.70. The maximum Gasteiger partial charge on any atom is 0.417 e. The molecule has 0 unspecified atom stereocenters. The van der Waals surface area contributed by atoms with Gasteiger partial charge in [0.25, 0.3) is 11.8 Å². The second-order valence-electron chi connectivity index (χ2n) is 13.4. The lowest BCUT2D eigenvalue weighted by Crippen LogP contribution is -2.54. The smallest absolute Gasteiger partial charge is 0.417 e. The van der Waals surface area contributed by atoms with E-state index in [0.717, 1.165) is 0 Å². The van der Waals surface area contributed by atoms with Crippen molar-refractivity contribution >= 4 is 64.8 Å². The van der Waals surface area contributed by atoms with Crippen molar-refractivity contribution < 1.29 is 51.7 Å². The Balaban J connectivity index is 1.43. The van der Waals surface area contributed by atoms with Gasteiger partial charge in [-0.05, 0) is 60.2 Å². The third kappa shape index (κ3) is 5.85. The number of likely N-dealkylation sites (tertiary alicyclic amines) is 1. The summed E-state index contributed by atoms with van der Waals surface area (Å²) in [4.78, 5) is 73.4. The van der Waals surface area contributed by atoms with Crippen LogP contribution in [-0.2, 0) is 30.8 Å². The first-order valence-electron chi connectivity index (χ1n) is 16.7. The molecule has 3 fully saturated rings. The number of hydrogen-bond donors (Lipinski definition) is 3. The number of hydrogen-bond acceptors (Lipinski definition) is 10. The number of imide groups is 4. The molecule has 0 radical (unpaired) electrons. The quantitative estimate of drug-likeness (QED) is 0.197. The zero-order chi connectivity index (χ0) is 39.7. The zero-order valence-electron chi connectivity index (χ0n) is 28.8. The number of nitrogens with two attached hydrogens (primary N) is 1. The molecule has 7 rings (SSSR count). The summed E-state index contributed by atoms with van der Waals surface area (Å²) in [6.45, 7) is 0. The molecule has 1 aromatic heterocycles.